The summed E-state index contributed by atoms with van der Waals surface area (Å²) in [5.74, 6) is -1.57. The summed E-state index contributed by atoms with van der Waals surface area (Å²) >= 11 is 0. The van der Waals surface area contributed by atoms with E-state index in [1.54, 1.807) is 29.1 Å². The molecule has 2 aliphatic rings. The zero-order chi connectivity index (χ0) is 24.5. The molecular formula is C24H31N5O5. The summed E-state index contributed by atoms with van der Waals surface area (Å²) in [7, 11) is 0. The predicted molar refractivity (Wildman–Crippen MR) is 123 cm³/mol. The molecule has 2 amide bonds. The average Bonchev–Trinajstić information content (AvgIpc) is 3.14. The first kappa shape index (κ1) is 23.9. The van der Waals surface area contributed by atoms with E-state index in [4.69, 9.17) is 4.74 Å². The first-order valence-corrected chi connectivity index (χ1v) is 11.6. The van der Waals surface area contributed by atoms with Crippen LogP contribution in [0.2, 0.25) is 0 Å². The number of nitrogens with zero attached hydrogens (tertiary/aromatic N) is 3. The van der Waals surface area contributed by atoms with E-state index in [-0.39, 0.29) is 31.4 Å². The van der Waals surface area contributed by atoms with Crippen molar-refractivity contribution in [2.75, 3.05) is 13.2 Å². The molecule has 0 spiro atoms. The lowest BCUT2D eigenvalue weighted by Crippen LogP contribution is -2.61. The molecule has 2 fully saturated rings. The maximum Gasteiger partial charge on any atom is 0.329 e. The van der Waals surface area contributed by atoms with Crippen LogP contribution >= 0.6 is 0 Å². The van der Waals surface area contributed by atoms with Gasteiger partial charge in [0, 0.05) is 30.5 Å². The van der Waals surface area contributed by atoms with Gasteiger partial charge in [0.1, 0.15) is 17.3 Å². The minimum Gasteiger partial charge on any atom is -0.480 e. The minimum atomic E-state index is -1.38. The summed E-state index contributed by atoms with van der Waals surface area (Å²) in [4.78, 5) is 37.5. The molecule has 2 aliphatic heterocycles. The number of aryl methyl sites for hydroxylation is 1. The smallest absolute Gasteiger partial charge is 0.329 e. The van der Waals surface area contributed by atoms with Crippen LogP contribution < -0.4 is 10.6 Å². The number of carboxylic acid groups (broad SMARTS) is 1. The van der Waals surface area contributed by atoms with E-state index >= 15 is 0 Å². The number of hydrogen-bond acceptors (Lipinski definition) is 6. The van der Waals surface area contributed by atoms with Crippen LogP contribution in [0, 0.1) is 6.92 Å². The molecule has 3 N–H and O–H groups in total. The van der Waals surface area contributed by atoms with Crippen LogP contribution in [-0.4, -0.2) is 62.2 Å². The summed E-state index contributed by atoms with van der Waals surface area (Å²) in [6, 6.07) is 4.74. The number of amides is 2. The first-order chi connectivity index (χ1) is 16.1. The average molecular weight is 470 g/mol. The fourth-order valence-corrected chi connectivity index (χ4v) is 4.82. The molecule has 0 bridgehead atoms. The zero-order valence-corrected chi connectivity index (χ0v) is 19.8. The van der Waals surface area contributed by atoms with E-state index in [1.165, 1.54) is 0 Å². The van der Waals surface area contributed by atoms with Crippen molar-refractivity contribution in [1.29, 1.82) is 0 Å². The maximum atomic E-state index is 13.0. The zero-order valence-electron chi connectivity index (χ0n) is 19.8. The molecule has 34 heavy (non-hydrogen) atoms. The predicted octanol–water partition coefficient (Wildman–Crippen LogP) is 2.24. The van der Waals surface area contributed by atoms with E-state index in [0.29, 0.717) is 24.2 Å². The molecule has 10 heteroatoms. The number of carbonyl (C=O) groups excluding carboxylic acids is 2. The van der Waals surface area contributed by atoms with Crippen molar-refractivity contribution in [3.8, 4) is 11.3 Å². The number of hydrogen-bond donors (Lipinski definition) is 3. The van der Waals surface area contributed by atoms with Gasteiger partial charge in [0.05, 0.1) is 18.4 Å². The van der Waals surface area contributed by atoms with Crippen molar-refractivity contribution < 1.29 is 24.2 Å². The van der Waals surface area contributed by atoms with Crippen LogP contribution in [0.5, 0.6) is 0 Å². The van der Waals surface area contributed by atoms with Crippen molar-refractivity contribution >= 4 is 17.8 Å². The molecule has 0 radical (unpaired) electrons. The molecule has 3 heterocycles. The van der Waals surface area contributed by atoms with Crippen LogP contribution in [0.3, 0.4) is 0 Å². The van der Waals surface area contributed by atoms with Gasteiger partial charge in [-0.25, -0.2) is 9.48 Å². The van der Waals surface area contributed by atoms with Gasteiger partial charge in [0.15, 0.2) is 0 Å². The van der Waals surface area contributed by atoms with E-state index in [2.05, 4.69) is 20.9 Å². The van der Waals surface area contributed by atoms with Crippen molar-refractivity contribution in [3.63, 3.8) is 0 Å². The van der Waals surface area contributed by atoms with E-state index in [1.807, 2.05) is 20.8 Å². The summed E-state index contributed by atoms with van der Waals surface area (Å²) in [6.45, 7) is 6.43. The quantitative estimate of drug-likeness (QED) is 0.611. The summed E-state index contributed by atoms with van der Waals surface area (Å²) in [6.07, 6.45) is 4.71. The largest absolute Gasteiger partial charge is 0.480 e. The summed E-state index contributed by atoms with van der Waals surface area (Å²) < 4.78 is 7.24. The third kappa shape index (κ3) is 4.82. The Bertz CT molecular complexity index is 1110. The molecule has 2 atom stereocenters. The van der Waals surface area contributed by atoms with Gasteiger partial charge < -0.3 is 20.5 Å². The molecule has 182 valence electrons. The minimum absolute atomic E-state index is 0.0543. The lowest BCUT2D eigenvalue weighted by molar-refractivity contribution is -0.157. The Morgan fingerprint density at radius 2 is 2.09 bits per heavy atom. The normalized spacial score (nSPS) is 24.7. The highest BCUT2D eigenvalue weighted by Crippen LogP contribution is 2.33. The fraction of sp³-hybridized carbons (Fsp3) is 0.542. The van der Waals surface area contributed by atoms with Crippen molar-refractivity contribution in [3.05, 3.63) is 35.5 Å². The number of aliphatic carboxylic acids is 1. The molecule has 4 rings (SSSR count). The molecule has 0 saturated carbocycles. The van der Waals surface area contributed by atoms with Gasteiger partial charge in [-0.05, 0) is 57.7 Å². The van der Waals surface area contributed by atoms with Gasteiger partial charge in [-0.3, -0.25) is 9.59 Å². The Morgan fingerprint density at radius 3 is 2.79 bits per heavy atom. The SMILES string of the molecule is Cc1cc(C(=O)NC2(C(=O)O)CCOC(C)(C)C2)ccc1-c1cn(C2CCCCNC2=O)nn1. The van der Waals surface area contributed by atoms with E-state index in [9.17, 15) is 19.5 Å². The van der Waals surface area contributed by atoms with Crippen LogP contribution in [0.4, 0.5) is 0 Å². The molecule has 2 saturated heterocycles. The monoisotopic (exact) mass is 469 g/mol. The number of aromatic nitrogens is 3. The van der Waals surface area contributed by atoms with E-state index < -0.39 is 23.0 Å². The molecular weight excluding hydrogens is 438 g/mol. The standard InChI is InChI=1S/C24H31N5O5/c1-15-12-16(20(30)26-24(22(32)33)9-11-34-23(2,3)14-24)7-8-17(15)18-13-29(28-27-18)19-6-4-5-10-25-21(19)31/h7-8,12-13,19H,4-6,9-11,14H2,1-3H3,(H,25,31)(H,26,30)(H,32,33). The second-order valence-electron chi connectivity index (χ2n) is 9.79. The van der Waals surface area contributed by atoms with Gasteiger partial charge in [-0.2, -0.15) is 0 Å². The highest BCUT2D eigenvalue weighted by Gasteiger charge is 2.48. The second kappa shape index (κ2) is 9.17. The Morgan fingerprint density at radius 1 is 1.29 bits per heavy atom. The Hall–Kier alpha value is -3.27. The number of benzene rings is 1. The molecule has 1 aromatic heterocycles. The van der Waals surface area contributed by atoms with Crippen molar-refractivity contribution in [2.24, 2.45) is 0 Å². The van der Waals surface area contributed by atoms with Crippen LogP contribution in [0.15, 0.2) is 24.4 Å². The highest BCUT2D eigenvalue weighted by atomic mass is 16.5. The van der Waals surface area contributed by atoms with Crippen LogP contribution in [-0.2, 0) is 14.3 Å². The fourth-order valence-electron chi connectivity index (χ4n) is 4.82. The lowest BCUT2D eigenvalue weighted by atomic mass is 9.81. The molecule has 2 unspecified atom stereocenters. The lowest BCUT2D eigenvalue weighted by Gasteiger charge is -2.42. The number of carboxylic acids is 1. The Labute approximate surface area is 198 Å². The van der Waals surface area contributed by atoms with Gasteiger partial charge in [-0.15, -0.1) is 5.10 Å². The number of carbonyl (C=O) groups is 3. The van der Waals surface area contributed by atoms with Gasteiger partial charge >= 0.3 is 5.97 Å². The topological polar surface area (TPSA) is 135 Å². The van der Waals surface area contributed by atoms with Gasteiger partial charge in [0.25, 0.3) is 5.91 Å². The maximum absolute atomic E-state index is 13.0. The Balaban J connectivity index is 1.53. The number of nitrogens with one attached hydrogen (secondary N) is 2. The Kier molecular flexibility index (Phi) is 6.44. The second-order valence-corrected chi connectivity index (χ2v) is 9.79. The third-order valence-corrected chi connectivity index (χ3v) is 6.61. The third-order valence-electron chi connectivity index (χ3n) is 6.61. The molecule has 1 aromatic carbocycles. The molecule has 0 aliphatic carbocycles. The highest BCUT2D eigenvalue weighted by molar-refractivity contribution is 5.98. The summed E-state index contributed by atoms with van der Waals surface area (Å²) in [5, 5.41) is 24.0. The van der Waals surface area contributed by atoms with Gasteiger partial charge in [-0.1, -0.05) is 11.3 Å². The summed E-state index contributed by atoms with van der Waals surface area (Å²) in [5.41, 5.74) is 0.520. The van der Waals surface area contributed by atoms with Crippen molar-refractivity contribution in [2.45, 2.75) is 70.1 Å². The first-order valence-electron chi connectivity index (χ1n) is 11.6. The van der Waals surface area contributed by atoms with E-state index in [0.717, 1.165) is 24.0 Å². The number of rotatable bonds is 5. The van der Waals surface area contributed by atoms with Gasteiger partial charge in [0.2, 0.25) is 5.91 Å². The number of ether oxygens (including phenoxy) is 1. The molecule has 10 nitrogen and oxygen atoms in total. The van der Waals surface area contributed by atoms with Crippen LogP contribution in [0.25, 0.3) is 11.3 Å². The molecule has 2 aromatic rings. The van der Waals surface area contributed by atoms with Crippen molar-refractivity contribution in [1.82, 2.24) is 25.6 Å². The van der Waals surface area contributed by atoms with Crippen LogP contribution in [0.1, 0.15) is 67.9 Å².